The second-order valence-corrected chi connectivity index (χ2v) is 8.87. The Bertz CT molecular complexity index is 927. The van der Waals surface area contributed by atoms with Gasteiger partial charge < -0.3 is 0 Å². The fourth-order valence-corrected chi connectivity index (χ4v) is 4.56. The summed E-state index contributed by atoms with van der Waals surface area (Å²) >= 11 is 0. The van der Waals surface area contributed by atoms with Gasteiger partial charge in [-0.05, 0) is 36.2 Å². The Hall–Kier alpha value is -1.97. The van der Waals surface area contributed by atoms with Crippen LogP contribution in [0.5, 0.6) is 0 Å². The van der Waals surface area contributed by atoms with Crippen molar-refractivity contribution < 1.29 is 21.2 Å². The van der Waals surface area contributed by atoms with E-state index in [0.29, 0.717) is 5.56 Å². The smallest absolute Gasteiger partial charge is 0.242 e. The molecule has 9 heteroatoms. The third kappa shape index (κ3) is 5.52. The van der Waals surface area contributed by atoms with E-state index in [2.05, 4.69) is 9.44 Å². The van der Waals surface area contributed by atoms with Crippen molar-refractivity contribution in [1.82, 2.24) is 4.72 Å². The Morgan fingerprint density at radius 1 is 0.960 bits per heavy atom. The van der Waals surface area contributed by atoms with Crippen LogP contribution in [0.15, 0.2) is 53.4 Å². The second kappa shape index (κ2) is 7.94. The molecular formula is C16H19FN2O4S2. The third-order valence-electron chi connectivity index (χ3n) is 3.35. The summed E-state index contributed by atoms with van der Waals surface area (Å²) in [5.74, 6) is -0.652. The first-order chi connectivity index (χ1) is 11.7. The second-order valence-electron chi connectivity index (χ2n) is 5.29. The average molecular weight is 386 g/mol. The monoisotopic (exact) mass is 386 g/mol. The van der Waals surface area contributed by atoms with E-state index in [4.69, 9.17) is 0 Å². The number of rotatable bonds is 8. The van der Waals surface area contributed by atoms with Crippen LogP contribution in [0.3, 0.4) is 0 Å². The van der Waals surface area contributed by atoms with E-state index in [1.807, 2.05) is 0 Å². The summed E-state index contributed by atoms with van der Waals surface area (Å²) in [4.78, 5) is -0.137. The van der Waals surface area contributed by atoms with Crippen molar-refractivity contribution in [3.05, 3.63) is 59.9 Å². The van der Waals surface area contributed by atoms with Crippen molar-refractivity contribution >= 4 is 25.7 Å². The number of anilines is 1. The van der Waals surface area contributed by atoms with Crippen molar-refractivity contribution in [2.75, 3.05) is 17.0 Å². The van der Waals surface area contributed by atoms with E-state index in [0.717, 1.165) is 0 Å². The molecule has 6 nitrogen and oxygen atoms in total. The molecule has 0 aliphatic heterocycles. The van der Waals surface area contributed by atoms with Crippen LogP contribution in [0.1, 0.15) is 12.5 Å². The highest BCUT2D eigenvalue weighted by Gasteiger charge is 2.20. The molecule has 0 aliphatic carbocycles. The van der Waals surface area contributed by atoms with Crippen LogP contribution in [0.25, 0.3) is 0 Å². The topological polar surface area (TPSA) is 92.3 Å². The van der Waals surface area contributed by atoms with Gasteiger partial charge in [-0.3, -0.25) is 4.72 Å². The molecule has 0 unspecified atom stereocenters. The minimum Gasteiger partial charge on any atom is -0.282 e. The number of nitrogens with one attached hydrogen (secondary N) is 2. The quantitative estimate of drug-likeness (QED) is 0.727. The maximum Gasteiger partial charge on any atom is 0.242 e. The number of hydrogen-bond donors (Lipinski definition) is 2. The largest absolute Gasteiger partial charge is 0.282 e. The van der Waals surface area contributed by atoms with Crippen molar-refractivity contribution in [3.8, 4) is 0 Å². The van der Waals surface area contributed by atoms with Crippen molar-refractivity contribution in [2.24, 2.45) is 0 Å². The first-order valence-electron chi connectivity index (χ1n) is 7.57. The molecule has 0 aromatic heterocycles. The summed E-state index contributed by atoms with van der Waals surface area (Å²) < 4.78 is 66.4. The first-order valence-corrected chi connectivity index (χ1v) is 10.7. The Morgan fingerprint density at radius 3 is 2.24 bits per heavy atom. The van der Waals surface area contributed by atoms with Crippen molar-refractivity contribution in [3.63, 3.8) is 0 Å². The molecule has 0 spiro atoms. The van der Waals surface area contributed by atoms with Gasteiger partial charge in [0.2, 0.25) is 20.0 Å². The van der Waals surface area contributed by atoms with Gasteiger partial charge in [0, 0.05) is 6.54 Å². The van der Waals surface area contributed by atoms with Gasteiger partial charge in [-0.2, -0.15) is 0 Å². The predicted octanol–water partition coefficient (Wildman–Crippen LogP) is 2.11. The van der Waals surface area contributed by atoms with Gasteiger partial charge in [0.05, 0.1) is 11.4 Å². The molecule has 0 amide bonds. The van der Waals surface area contributed by atoms with Gasteiger partial charge in [0.25, 0.3) is 0 Å². The minimum atomic E-state index is -3.80. The normalized spacial score (nSPS) is 12.1. The van der Waals surface area contributed by atoms with Gasteiger partial charge in [0.1, 0.15) is 10.7 Å². The molecule has 2 aromatic rings. The van der Waals surface area contributed by atoms with Crippen molar-refractivity contribution in [1.29, 1.82) is 0 Å². The number of benzene rings is 2. The lowest BCUT2D eigenvalue weighted by Crippen LogP contribution is -2.25. The summed E-state index contributed by atoms with van der Waals surface area (Å²) in [6.07, 6.45) is 0.178. The fourth-order valence-electron chi connectivity index (χ4n) is 2.17. The lowest BCUT2D eigenvalue weighted by Gasteiger charge is -2.13. The Kier molecular flexibility index (Phi) is 6.15. The zero-order chi connectivity index (χ0) is 18.5. The summed E-state index contributed by atoms with van der Waals surface area (Å²) in [7, 11) is -7.58. The molecule has 0 atom stereocenters. The standard InChI is InChI=1S/C16H19FN2O4S2/c1-2-18-25(22,23)16-6-4-3-5-15(16)19-24(20,21)12-11-13-7-9-14(17)10-8-13/h3-10,18-19H,2,11-12H2,1H3. The molecular weight excluding hydrogens is 367 g/mol. The highest BCUT2D eigenvalue weighted by molar-refractivity contribution is 7.93. The Labute approximate surface area is 147 Å². The third-order valence-corrected chi connectivity index (χ3v) is 6.23. The van der Waals surface area contributed by atoms with E-state index in [-0.39, 0.29) is 29.3 Å². The number of halogens is 1. The SMILES string of the molecule is CCNS(=O)(=O)c1ccccc1NS(=O)(=O)CCc1ccc(F)cc1. The predicted molar refractivity (Wildman–Crippen MR) is 94.8 cm³/mol. The molecule has 0 saturated carbocycles. The van der Waals surface area contributed by atoms with Crippen LogP contribution in [-0.2, 0) is 26.5 Å². The molecule has 2 N–H and O–H groups in total. The van der Waals surface area contributed by atoms with Gasteiger partial charge >= 0.3 is 0 Å². The molecule has 0 radical (unpaired) electrons. The molecule has 0 fully saturated rings. The fraction of sp³-hybridized carbons (Fsp3) is 0.250. The molecule has 0 heterocycles. The summed E-state index contributed by atoms with van der Waals surface area (Å²) in [5, 5.41) is 0. The highest BCUT2D eigenvalue weighted by Crippen LogP contribution is 2.22. The van der Waals surface area contributed by atoms with Gasteiger partial charge in [-0.25, -0.2) is 25.9 Å². The summed E-state index contributed by atoms with van der Waals surface area (Å²) in [6, 6.07) is 11.3. The van der Waals surface area contributed by atoms with E-state index in [1.54, 1.807) is 13.0 Å². The zero-order valence-corrected chi connectivity index (χ0v) is 15.2. The Morgan fingerprint density at radius 2 is 1.60 bits per heavy atom. The first kappa shape index (κ1) is 19.4. The lowest BCUT2D eigenvalue weighted by atomic mass is 10.2. The molecule has 2 aromatic carbocycles. The molecule has 2 rings (SSSR count). The van der Waals surface area contributed by atoms with Crippen LogP contribution >= 0.6 is 0 Å². The number of hydrogen-bond acceptors (Lipinski definition) is 4. The van der Waals surface area contributed by atoms with Gasteiger partial charge in [0.15, 0.2) is 0 Å². The number of para-hydroxylation sites is 1. The highest BCUT2D eigenvalue weighted by atomic mass is 32.2. The molecule has 0 aliphatic rings. The Balaban J connectivity index is 2.16. The maximum atomic E-state index is 12.9. The van der Waals surface area contributed by atoms with Crippen LogP contribution in [0, 0.1) is 5.82 Å². The van der Waals surface area contributed by atoms with Crippen molar-refractivity contribution in [2.45, 2.75) is 18.2 Å². The minimum absolute atomic E-state index is 0.0115. The molecule has 0 saturated heterocycles. The van der Waals surface area contributed by atoms with Crippen LogP contribution in [0.2, 0.25) is 0 Å². The summed E-state index contributed by atoms with van der Waals surface area (Å²) in [5.41, 5.74) is 0.655. The zero-order valence-electron chi connectivity index (χ0n) is 13.6. The van der Waals surface area contributed by atoms with E-state index >= 15 is 0 Å². The van der Waals surface area contributed by atoms with Gasteiger partial charge in [-0.1, -0.05) is 31.2 Å². The molecule has 25 heavy (non-hydrogen) atoms. The lowest BCUT2D eigenvalue weighted by molar-refractivity contribution is 0.584. The maximum absolute atomic E-state index is 12.9. The average Bonchev–Trinajstić information content (AvgIpc) is 2.54. The van der Waals surface area contributed by atoms with Crippen LogP contribution in [-0.4, -0.2) is 29.1 Å². The van der Waals surface area contributed by atoms with E-state index < -0.39 is 25.9 Å². The van der Waals surface area contributed by atoms with Crippen LogP contribution in [0.4, 0.5) is 10.1 Å². The molecule has 136 valence electrons. The number of sulfonamides is 2. The van der Waals surface area contributed by atoms with E-state index in [9.17, 15) is 21.2 Å². The van der Waals surface area contributed by atoms with Gasteiger partial charge in [-0.15, -0.1) is 0 Å². The summed E-state index contributed by atoms with van der Waals surface area (Å²) in [6.45, 7) is 1.82. The van der Waals surface area contributed by atoms with E-state index in [1.165, 1.54) is 42.5 Å². The molecule has 0 bridgehead atoms. The number of aryl methyl sites for hydroxylation is 1. The van der Waals surface area contributed by atoms with Crippen LogP contribution < -0.4 is 9.44 Å².